The maximum atomic E-state index is 12.9. The molecule has 0 aliphatic rings. The minimum Gasteiger partial charge on any atom is -0.255 e. The van der Waals surface area contributed by atoms with Crippen LogP contribution in [0.25, 0.3) is 10.9 Å². The SMILES string of the molecule is CSc1cnc2cc(F)ccc2c1Cl. The van der Waals surface area contributed by atoms with E-state index in [0.717, 1.165) is 10.3 Å². The number of nitrogens with zero attached hydrogens (tertiary/aromatic N) is 1. The van der Waals surface area contributed by atoms with Crippen molar-refractivity contribution in [2.24, 2.45) is 0 Å². The molecule has 0 spiro atoms. The Morgan fingerprint density at radius 2 is 2.21 bits per heavy atom. The predicted molar refractivity (Wildman–Crippen MR) is 58.5 cm³/mol. The third-order valence-corrected chi connectivity index (χ3v) is 3.22. The van der Waals surface area contributed by atoms with Gasteiger partial charge in [0.05, 0.1) is 10.5 Å². The minimum atomic E-state index is -0.294. The van der Waals surface area contributed by atoms with E-state index in [1.165, 1.54) is 23.9 Å². The lowest BCUT2D eigenvalue weighted by Gasteiger charge is -2.03. The number of fused-ring (bicyclic) bond motifs is 1. The molecule has 0 bridgehead atoms. The highest BCUT2D eigenvalue weighted by Gasteiger charge is 2.06. The Balaban J connectivity index is 2.77. The number of pyridine rings is 1. The Kier molecular flexibility index (Phi) is 2.61. The summed E-state index contributed by atoms with van der Waals surface area (Å²) in [6.07, 6.45) is 3.59. The number of benzene rings is 1. The summed E-state index contributed by atoms with van der Waals surface area (Å²) in [5.41, 5.74) is 0.591. The van der Waals surface area contributed by atoms with Gasteiger partial charge in [0.25, 0.3) is 0 Å². The Labute approximate surface area is 90.3 Å². The third-order valence-electron chi connectivity index (χ3n) is 1.95. The smallest absolute Gasteiger partial charge is 0.125 e. The Hall–Kier alpha value is -0.800. The second-order valence-corrected chi connectivity index (χ2v) is 4.03. The van der Waals surface area contributed by atoms with Crippen LogP contribution < -0.4 is 0 Å². The van der Waals surface area contributed by atoms with E-state index < -0.39 is 0 Å². The highest BCUT2D eigenvalue weighted by molar-refractivity contribution is 7.98. The fourth-order valence-corrected chi connectivity index (χ4v) is 2.14. The largest absolute Gasteiger partial charge is 0.255 e. The van der Waals surface area contributed by atoms with Crippen molar-refractivity contribution in [2.45, 2.75) is 4.90 Å². The van der Waals surface area contributed by atoms with E-state index >= 15 is 0 Å². The highest BCUT2D eigenvalue weighted by Crippen LogP contribution is 2.31. The number of hydrogen-bond donors (Lipinski definition) is 0. The van der Waals surface area contributed by atoms with E-state index in [0.29, 0.717) is 10.5 Å². The van der Waals surface area contributed by atoms with E-state index in [9.17, 15) is 4.39 Å². The predicted octanol–water partition coefficient (Wildman–Crippen LogP) is 3.75. The first-order chi connectivity index (χ1) is 6.72. The zero-order chi connectivity index (χ0) is 10.1. The van der Waals surface area contributed by atoms with Crippen molar-refractivity contribution in [1.29, 1.82) is 0 Å². The van der Waals surface area contributed by atoms with E-state index in [1.54, 1.807) is 12.3 Å². The van der Waals surface area contributed by atoms with Crippen molar-refractivity contribution < 1.29 is 4.39 Å². The molecule has 72 valence electrons. The van der Waals surface area contributed by atoms with Crippen molar-refractivity contribution in [3.05, 3.63) is 35.2 Å². The normalized spacial score (nSPS) is 10.8. The monoisotopic (exact) mass is 227 g/mol. The molecule has 1 aromatic heterocycles. The van der Waals surface area contributed by atoms with Crippen molar-refractivity contribution in [3.8, 4) is 0 Å². The van der Waals surface area contributed by atoms with Crippen LogP contribution in [-0.2, 0) is 0 Å². The number of hydrogen-bond acceptors (Lipinski definition) is 2. The first kappa shape index (κ1) is 9.74. The lowest BCUT2D eigenvalue weighted by molar-refractivity contribution is 0.629. The molecule has 0 aliphatic heterocycles. The highest BCUT2D eigenvalue weighted by atomic mass is 35.5. The van der Waals surface area contributed by atoms with Gasteiger partial charge in [0.1, 0.15) is 5.82 Å². The summed E-state index contributed by atoms with van der Waals surface area (Å²) >= 11 is 7.64. The summed E-state index contributed by atoms with van der Waals surface area (Å²) in [6, 6.07) is 4.42. The van der Waals surface area contributed by atoms with Gasteiger partial charge < -0.3 is 0 Å². The van der Waals surface area contributed by atoms with Gasteiger partial charge in [-0.1, -0.05) is 11.6 Å². The zero-order valence-corrected chi connectivity index (χ0v) is 8.99. The topological polar surface area (TPSA) is 12.9 Å². The van der Waals surface area contributed by atoms with Gasteiger partial charge in [0.15, 0.2) is 0 Å². The quantitative estimate of drug-likeness (QED) is 0.689. The summed E-state index contributed by atoms with van der Waals surface area (Å²) in [4.78, 5) is 5.04. The third kappa shape index (κ3) is 1.57. The van der Waals surface area contributed by atoms with Crippen LogP contribution in [-0.4, -0.2) is 11.2 Å². The number of rotatable bonds is 1. The van der Waals surface area contributed by atoms with E-state index in [2.05, 4.69) is 4.98 Å². The van der Waals surface area contributed by atoms with E-state index in [-0.39, 0.29) is 5.82 Å². The van der Waals surface area contributed by atoms with Crippen molar-refractivity contribution in [3.63, 3.8) is 0 Å². The molecular weight excluding hydrogens is 221 g/mol. The minimum absolute atomic E-state index is 0.294. The fraction of sp³-hybridized carbons (Fsp3) is 0.100. The van der Waals surface area contributed by atoms with E-state index in [1.807, 2.05) is 6.26 Å². The molecule has 2 aromatic rings. The van der Waals surface area contributed by atoms with Crippen molar-refractivity contribution >= 4 is 34.3 Å². The number of aromatic nitrogens is 1. The van der Waals surface area contributed by atoms with Crippen LogP contribution in [0.1, 0.15) is 0 Å². The second-order valence-electron chi connectivity index (χ2n) is 2.80. The Morgan fingerprint density at radius 3 is 2.93 bits per heavy atom. The van der Waals surface area contributed by atoms with Gasteiger partial charge in [-0.3, -0.25) is 4.98 Å². The summed E-state index contributed by atoms with van der Waals surface area (Å²) in [6.45, 7) is 0. The van der Waals surface area contributed by atoms with Crippen LogP contribution in [0.4, 0.5) is 4.39 Å². The Morgan fingerprint density at radius 1 is 1.43 bits per heavy atom. The van der Waals surface area contributed by atoms with Gasteiger partial charge in [0.2, 0.25) is 0 Å². The maximum absolute atomic E-state index is 12.9. The molecule has 14 heavy (non-hydrogen) atoms. The lowest BCUT2D eigenvalue weighted by Crippen LogP contribution is -1.84. The molecule has 0 aliphatic carbocycles. The molecule has 1 heterocycles. The molecule has 0 N–H and O–H groups in total. The van der Waals surface area contributed by atoms with Gasteiger partial charge in [-0.05, 0) is 18.4 Å². The Bertz CT molecular complexity index is 487. The van der Waals surface area contributed by atoms with Gasteiger partial charge in [-0.15, -0.1) is 11.8 Å². The fourth-order valence-electron chi connectivity index (χ4n) is 1.26. The molecule has 0 radical (unpaired) electrons. The van der Waals surface area contributed by atoms with Gasteiger partial charge >= 0.3 is 0 Å². The molecule has 1 nitrogen and oxygen atoms in total. The lowest BCUT2D eigenvalue weighted by atomic mass is 10.2. The van der Waals surface area contributed by atoms with Crippen LogP contribution in [0.3, 0.4) is 0 Å². The molecule has 0 atom stereocenters. The maximum Gasteiger partial charge on any atom is 0.125 e. The van der Waals surface area contributed by atoms with Crippen molar-refractivity contribution in [2.75, 3.05) is 6.26 Å². The first-order valence-corrected chi connectivity index (χ1v) is 5.60. The average Bonchev–Trinajstić information content (AvgIpc) is 2.18. The molecule has 0 fully saturated rings. The average molecular weight is 228 g/mol. The number of halogens is 2. The zero-order valence-electron chi connectivity index (χ0n) is 7.42. The van der Waals surface area contributed by atoms with Crippen LogP contribution in [0, 0.1) is 5.82 Å². The molecule has 2 rings (SSSR count). The molecule has 0 unspecified atom stereocenters. The van der Waals surface area contributed by atoms with Crippen LogP contribution in [0.15, 0.2) is 29.3 Å². The van der Waals surface area contributed by atoms with E-state index in [4.69, 9.17) is 11.6 Å². The van der Waals surface area contributed by atoms with Crippen LogP contribution in [0.2, 0.25) is 5.02 Å². The van der Waals surface area contributed by atoms with Gasteiger partial charge in [-0.2, -0.15) is 0 Å². The van der Waals surface area contributed by atoms with Crippen LogP contribution in [0.5, 0.6) is 0 Å². The summed E-state index contributed by atoms with van der Waals surface area (Å²) in [5.74, 6) is -0.294. The first-order valence-electron chi connectivity index (χ1n) is 4.00. The molecule has 0 amide bonds. The van der Waals surface area contributed by atoms with Crippen LogP contribution >= 0.6 is 23.4 Å². The standard InChI is InChI=1S/C10H7ClFNS/c1-14-9-5-13-8-4-6(12)2-3-7(8)10(9)11/h2-5H,1H3. The van der Waals surface area contributed by atoms with Gasteiger partial charge in [0, 0.05) is 22.5 Å². The van der Waals surface area contributed by atoms with Crippen molar-refractivity contribution in [1.82, 2.24) is 4.98 Å². The second kappa shape index (κ2) is 3.75. The summed E-state index contributed by atoms with van der Waals surface area (Å²) in [7, 11) is 0. The number of thioether (sulfide) groups is 1. The summed E-state index contributed by atoms with van der Waals surface area (Å²) in [5, 5.41) is 1.43. The molecule has 1 aromatic carbocycles. The molecule has 0 saturated heterocycles. The molecule has 4 heteroatoms. The summed E-state index contributed by atoms with van der Waals surface area (Å²) < 4.78 is 12.9. The van der Waals surface area contributed by atoms with Gasteiger partial charge in [-0.25, -0.2) is 4.39 Å². The molecular formula is C10H7ClFNS. The molecule has 0 saturated carbocycles.